The second kappa shape index (κ2) is 6.68. The molecule has 0 aliphatic heterocycles. The molecule has 7 nitrogen and oxygen atoms in total. The number of rotatable bonds is 3. The van der Waals surface area contributed by atoms with Gasteiger partial charge in [0.1, 0.15) is 12.2 Å². The molecule has 0 N–H and O–H groups in total. The fraction of sp³-hybridized carbons (Fsp3) is 0.0476. The Morgan fingerprint density at radius 3 is 2.76 bits per heavy atom. The van der Waals surface area contributed by atoms with Gasteiger partial charge in [0.25, 0.3) is 5.56 Å². The van der Waals surface area contributed by atoms with Crippen LogP contribution in [-0.4, -0.2) is 15.4 Å². The zero-order valence-corrected chi connectivity index (χ0v) is 15.6. The molecule has 0 radical (unpaired) electrons. The zero-order chi connectivity index (χ0) is 20.0. The van der Waals surface area contributed by atoms with Crippen molar-refractivity contribution in [1.29, 1.82) is 0 Å². The molecule has 0 unspecified atom stereocenters. The molecule has 0 aliphatic rings. The van der Waals surface area contributed by atoms with E-state index in [1.807, 2.05) is 24.3 Å². The fourth-order valence-electron chi connectivity index (χ4n) is 3.11. The third-order valence-electron chi connectivity index (χ3n) is 4.44. The molecule has 0 aliphatic carbocycles. The van der Waals surface area contributed by atoms with E-state index in [2.05, 4.69) is 4.98 Å². The van der Waals surface area contributed by atoms with E-state index in [0.717, 1.165) is 16.3 Å². The summed E-state index contributed by atoms with van der Waals surface area (Å²) in [6.07, 6.45) is 0. The summed E-state index contributed by atoms with van der Waals surface area (Å²) >= 11 is 1.38. The first kappa shape index (κ1) is 17.3. The third kappa shape index (κ3) is 2.99. The molecule has 0 saturated carbocycles. The van der Waals surface area contributed by atoms with Gasteiger partial charge in [0, 0.05) is 12.1 Å². The maximum absolute atomic E-state index is 12.5. The predicted molar refractivity (Wildman–Crippen MR) is 108 cm³/mol. The van der Waals surface area contributed by atoms with Gasteiger partial charge in [-0.25, -0.2) is 9.78 Å². The van der Waals surface area contributed by atoms with E-state index >= 15 is 0 Å². The number of thiazole rings is 1. The SMILES string of the molecule is O=C(OCc1cc(=O)n2c(n1)sc1ccccc12)c1cc(=O)c2ccccc2o1. The van der Waals surface area contributed by atoms with Crippen LogP contribution in [0.3, 0.4) is 0 Å². The number of aromatic nitrogens is 2. The van der Waals surface area contributed by atoms with E-state index in [-0.39, 0.29) is 23.4 Å². The molecule has 3 heterocycles. The lowest BCUT2D eigenvalue weighted by atomic mass is 10.2. The lowest BCUT2D eigenvalue weighted by Crippen LogP contribution is -2.16. The van der Waals surface area contributed by atoms with Gasteiger partial charge in [0.2, 0.25) is 5.76 Å². The molecule has 8 heteroatoms. The van der Waals surface area contributed by atoms with E-state index in [4.69, 9.17) is 9.15 Å². The fourth-order valence-corrected chi connectivity index (χ4v) is 4.16. The second-order valence-electron chi connectivity index (χ2n) is 6.32. The predicted octanol–water partition coefficient (Wildman–Crippen LogP) is 3.37. The molecule has 0 fully saturated rings. The number of nitrogens with zero attached hydrogens (tertiary/aromatic N) is 2. The molecule has 2 aromatic carbocycles. The highest BCUT2D eigenvalue weighted by Gasteiger charge is 2.15. The smallest absolute Gasteiger partial charge is 0.374 e. The first-order valence-corrected chi connectivity index (χ1v) is 9.52. The van der Waals surface area contributed by atoms with Gasteiger partial charge < -0.3 is 9.15 Å². The van der Waals surface area contributed by atoms with Crippen LogP contribution < -0.4 is 11.0 Å². The molecule has 5 rings (SSSR count). The maximum atomic E-state index is 12.5. The van der Waals surface area contributed by atoms with Crippen LogP contribution in [0, 0.1) is 0 Å². The van der Waals surface area contributed by atoms with E-state index in [0.29, 0.717) is 21.6 Å². The van der Waals surface area contributed by atoms with Crippen molar-refractivity contribution < 1.29 is 13.9 Å². The van der Waals surface area contributed by atoms with E-state index in [1.54, 1.807) is 24.3 Å². The van der Waals surface area contributed by atoms with Gasteiger partial charge in [-0.2, -0.15) is 0 Å². The van der Waals surface area contributed by atoms with Crippen LogP contribution in [0.15, 0.2) is 74.7 Å². The Bertz CT molecular complexity index is 1530. The van der Waals surface area contributed by atoms with Crippen LogP contribution in [0.1, 0.15) is 16.2 Å². The summed E-state index contributed by atoms with van der Waals surface area (Å²) < 4.78 is 13.1. The van der Waals surface area contributed by atoms with E-state index in [1.165, 1.54) is 21.8 Å². The van der Waals surface area contributed by atoms with Crippen molar-refractivity contribution in [2.24, 2.45) is 0 Å². The summed E-state index contributed by atoms with van der Waals surface area (Å²) in [6, 6.07) is 16.6. The summed E-state index contributed by atoms with van der Waals surface area (Å²) in [5.74, 6) is -1.00. The van der Waals surface area contributed by atoms with Crippen LogP contribution in [0.2, 0.25) is 0 Å². The number of benzene rings is 2. The van der Waals surface area contributed by atoms with Crippen LogP contribution in [0.5, 0.6) is 0 Å². The Balaban J connectivity index is 1.44. The van der Waals surface area contributed by atoms with Gasteiger partial charge in [0.05, 0.1) is 21.3 Å². The molecule has 3 aromatic heterocycles. The summed E-state index contributed by atoms with van der Waals surface area (Å²) in [6.45, 7) is -0.213. The van der Waals surface area contributed by atoms with Gasteiger partial charge in [0.15, 0.2) is 10.4 Å². The van der Waals surface area contributed by atoms with Crippen molar-refractivity contribution in [3.63, 3.8) is 0 Å². The number of hydrogen-bond acceptors (Lipinski definition) is 7. The number of carbonyl (C=O) groups excluding carboxylic acids is 1. The molecular formula is C21H12N2O5S. The van der Waals surface area contributed by atoms with Crippen LogP contribution in [0.25, 0.3) is 26.1 Å². The average molecular weight is 404 g/mol. The van der Waals surface area contributed by atoms with Gasteiger partial charge in [-0.3, -0.25) is 14.0 Å². The molecular weight excluding hydrogens is 392 g/mol. The van der Waals surface area contributed by atoms with Crippen molar-refractivity contribution in [3.05, 3.63) is 92.7 Å². The topological polar surface area (TPSA) is 90.9 Å². The summed E-state index contributed by atoms with van der Waals surface area (Å²) in [7, 11) is 0. The lowest BCUT2D eigenvalue weighted by Gasteiger charge is -2.05. The normalized spacial score (nSPS) is 11.3. The first-order chi connectivity index (χ1) is 14.1. The lowest BCUT2D eigenvalue weighted by molar-refractivity contribution is 0.0432. The number of hydrogen-bond donors (Lipinski definition) is 0. The van der Waals surface area contributed by atoms with E-state index < -0.39 is 5.97 Å². The zero-order valence-electron chi connectivity index (χ0n) is 14.8. The summed E-state index contributed by atoms with van der Waals surface area (Å²) in [5, 5.41) is 0.383. The van der Waals surface area contributed by atoms with Crippen molar-refractivity contribution in [3.8, 4) is 0 Å². The Kier molecular flexibility index (Phi) is 3.99. The monoisotopic (exact) mass is 404 g/mol. The van der Waals surface area contributed by atoms with Crippen LogP contribution in [-0.2, 0) is 11.3 Å². The number of fused-ring (bicyclic) bond motifs is 4. The summed E-state index contributed by atoms with van der Waals surface area (Å²) in [5.41, 5.74) is 0.817. The van der Waals surface area contributed by atoms with Crippen LogP contribution in [0.4, 0.5) is 0 Å². The first-order valence-electron chi connectivity index (χ1n) is 8.70. The third-order valence-corrected chi connectivity index (χ3v) is 5.46. The Hall–Kier alpha value is -3.78. The highest BCUT2D eigenvalue weighted by molar-refractivity contribution is 7.23. The minimum absolute atomic E-state index is 0.201. The standard InChI is InChI=1S/C21H12N2O5S/c24-15-10-17(28-16-7-3-1-5-13(15)16)20(26)27-11-12-9-19(25)23-14-6-2-4-8-18(14)29-21(23)22-12/h1-10H,11H2. The molecule has 0 spiro atoms. The largest absolute Gasteiger partial charge is 0.453 e. The second-order valence-corrected chi connectivity index (χ2v) is 7.33. The number of para-hydroxylation sites is 2. The Labute approximate surface area is 166 Å². The molecule has 5 aromatic rings. The Morgan fingerprint density at radius 2 is 1.86 bits per heavy atom. The number of carbonyl (C=O) groups is 1. The quantitative estimate of drug-likeness (QED) is 0.428. The average Bonchev–Trinajstić information content (AvgIpc) is 3.11. The molecule has 0 amide bonds. The van der Waals surface area contributed by atoms with Gasteiger partial charge in [-0.1, -0.05) is 35.6 Å². The summed E-state index contributed by atoms with van der Waals surface area (Å²) in [4.78, 5) is 41.9. The van der Waals surface area contributed by atoms with Gasteiger partial charge >= 0.3 is 5.97 Å². The van der Waals surface area contributed by atoms with Gasteiger partial charge in [-0.15, -0.1) is 0 Å². The molecule has 29 heavy (non-hydrogen) atoms. The van der Waals surface area contributed by atoms with Crippen molar-refractivity contribution in [2.45, 2.75) is 6.61 Å². The minimum Gasteiger partial charge on any atom is -0.453 e. The Morgan fingerprint density at radius 1 is 1.07 bits per heavy atom. The molecule has 0 bridgehead atoms. The minimum atomic E-state index is -0.800. The number of ether oxygens (including phenoxy) is 1. The van der Waals surface area contributed by atoms with Gasteiger partial charge in [-0.05, 0) is 24.3 Å². The number of esters is 1. The highest BCUT2D eigenvalue weighted by Crippen LogP contribution is 2.23. The van der Waals surface area contributed by atoms with Crippen molar-refractivity contribution in [1.82, 2.24) is 9.38 Å². The molecule has 0 saturated heterocycles. The molecule has 0 atom stereocenters. The molecule has 142 valence electrons. The van der Waals surface area contributed by atoms with Crippen molar-refractivity contribution in [2.75, 3.05) is 0 Å². The highest BCUT2D eigenvalue weighted by atomic mass is 32.1. The van der Waals surface area contributed by atoms with Crippen LogP contribution >= 0.6 is 11.3 Å². The van der Waals surface area contributed by atoms with Crippen molar-refractivity contribution >= 4 is 43.5 Å². The maximum Gasteiger partial charge on any atom is 0.374 e. The van der Waals surface area contributed by atoms with E-state index in [9.17, 15) is 14.4 Å².